The summed E-state index contributed by atoms with van der Waals surface area (Å²) in [7, 11) is 4.08. The molecular weight excluding hydrogens is 396 g/mol. The second kappa shape index (κ2) is 6.71. The second-order valence-electron chi connectivity index (χ2n) is 5.16. The summed E-state index contributed by atoms with van der Waals surface area (Å²) in [5, 5.41) is 13.1. The van der Waals surface area contributed by atoms with Crippen LogP contribution in [0.3, 0.4) is 0 Å². The van der Waals surface area contributed by atoms with Gasteiger partial charge in [-0.2, -0.15) is 0 Å². The minimum absolute atomic E-state index is 0.226. The lowest BCUT2D eigenvalue weighted by Crippen LogP contribution is -2.11. The number of rotatable bonds is 4. The van der Waals surface area contributed by atoms with E-state index in [2.05, 4.69) is 67.2 Å². The van der Waals surface area contributed by atoms with E-state index in [1.54, 1.807) is 0 Å². The van der Waals surface area contributed by atoms with Crippen molar-refractivity contribution in [3.05, 3.63) is 50.4 Å². The molecule has 0 fully saturated rings. The number of hydrogen-bond donors (Lipinski definition) is 2. The van der Waals surface area contributed by atoms with Gasteiger partial charge < -0.3 is 15.3 Å². The Morgan fingerprint density at radius 3 is 2.29 bits per heavy atom. The molecule has 0 bridgehead atoms. The number of anilines is 2. The van der Waals surface area contributed by atoms with Crippen LogP contribution < -0.4 is 10.2 Å². The van der Waals surface area contributed by atoms with Gasteiger partial charge in [-0.25, -0.2) is 0 Å². The van der Waals surface area contributed by atoms with E-state index in [0.29, 0.717) is 15.5 Å². The third-order valence-electron chi connectivity index (χ3n) is 3.26. The van der Waals surface area contributed by atoms with Crippen LogP contribution in [-0.2, 0) is 6.54 Å². The molecule has 3 nitrogen and oxygen atoms in total. The van der Waals surface area contributed by atoms with Crippen molar-refractivity contribution >= 4 is 43.2 Å². The Balaban J connectivity index is 2.15. The highest BCUT2D eigenvalue weighted by atomic mass is 79.9. The number of phenolic OH excluding ortho intramolecular Hbond substituents is 1. The molecule has 0 spiro atoms. The number of aromatic hydroxyl groups is 1. The van der Waals surface area contributed by atoms with Gasteiger partial charge in [0, 0.05) is 32.0 Å². The summed E-state index contributed by atoms with van der Waals surface area (Å²) in [6, 6.07) is 10.1. The van der Waals surface area contributed by atoms with Gasteiger partial charge in [-0.15, -0.1) is 0 Å². The van der Waals surface area contributed by atoms with Crippen LogP contribution in [0.25, 0.3) is 0 Å². The number of phenols is 1. The van der Waals surface area contributed by atoms with E-state index in [9.17, 15) is 5.11 Å². The monoisotopic (exact) mass is 412 g/mol. The first-order valence-corrected chi connectivity index (χ1v) is 8.16. The normalized spacial score (nSPS) is 10.5. The summed E-state index contributed by atoms with van der Waals surface area (Å²) in [6.45, 7) is 2.79. The van der Waals surface area contributed by atoms with Crippen molar-refractivity contribution in [3.63, 3.8) is 0 Å². The molecule has 0 aliphatic carbocycles. The number of hydrogen-bond acceptors (Lipinski definition) is 3. The first kappa shape index (κ1) is 16.2. The number of aryl methyl sites for hydroxylation is 1. The summed E-state index contributed by atoms with van der Waals surface area (Å²) in [5.41, 5.74) is 4.61. The first-order chi connectivity index (χ1) is 9.88. The van der Waals surface area contributed by atoms with Crippen molar-refractivity contribution in [1.82, 2.24) is 0 Å². The molecule has 2 aromatic carbocycles. The fourth-order valence-electron chi connectivity index (χ4n) is 2.13. The fourth-order valence-corrected chi connectivity index (χ4v) is 3.41. The molecule has 0 atom stereocenters. The summed E-state index contributed by atoms with van der Waals surface area (Å²) in [4.78, 5) is 2.11. The molecule has 112 valence electrons. The Morgan fingerprint density at radius 1 is 1.10 bits per heavy atom. The van der Waals surface area contributed by atoms with Crippen LogP contribution in [0.2, 0.25) is 0 Å². The third kappa shape index (κ3) is 3.92. The van der Waals surface area contributed by atoms with E-state index in [0.717, 1.165) is 11.3 Å². The average Bonchev–Trinajstić information content (AvgIpc) is 2.43. The zero-order valence-corrected chi connectivity index (χ0v) is 15.4. The molecule has 0 aliphatic heterocycles. The van der Waals surface area contributed by atoms with Gasteiger partial charge >= 0.3 is 0 Å². The third-order valence-corrected chi connectivity index (χ3v) is 4.47. The van der Waals surface area contributed by atoms with E-state index in [1.165, 1.54) is 11.3 Å². The number of nitrogens with zero attached hydrogens (tertiary/aromatic N) is 1. The number of benzene rings is 2. The maximum atomic E-state index is 9.72. The van der Waals surface area contributed by atoms with Crippen LogP contribution in [0, 0.1) is 6.92 Å². The van der Waals surface area contributed by atoms with Crippen LogP contribution in [0.15, 0.2) is 39.3 Å². The number of halogens is 2. The zero-order valence-electron chi connectivity index (χ0n) is 12.2. The van der Waals surface area contributed by atoms with Gasteiger partial charge in [-0.3, -0.25) is 0 Å². The van der Waals surface area contributed by atoms with E-state index >= 15 is 0 Å². The lowest BCUT2D eigenvalue weighted by molar-refractivity contribution is 0.468. The largest absolute Gasteiger partial charge is 0.506 e. The lowest BCUT2D eigenvalue weighted by Gasteiger charge is -2.17. The molecule has 21 heavy (non-hydrogen) atoms. The standard InChI is InChI=1S/C16H18Br2N2O/c1-10-4-5-12(8-15(10)20(2)3)19-9-11-6-13(17)16(21)14(18)7-11/h4-8,19,21H,9H2,1-3H3. The van der Waals surface area contributed by atoms with Crippen molar-refractivity contribution in [3.8, 4) is 5.75 Å². The molecule has 2 N–H and O–H groups in total. The fraction of sp³-hybridized carbons (Fsp3) is 0.250. The van der Waals surface area contributed by atoms with Gasteiger partial charge in [0.1, 0.15) is 5.75 Å². The van der Waals surface area contributed by atoms with Crippen LogP contribution in [0.1, 0.15) is 11.1 Å². The van der Waals surface area contributed by atoms with Gasteiger partial charge in [0.05, 0.1) is 8.95 Å². The molecule has 2 aromatic rings. The van der Waals surface area contributed by atoms with E-state index in [1.807, 2.05) is 26.2 Å². The highest BCUT2D eigenvalue weighted by Gasteiger charge is 2.07. The predicted molar refractivity (Wildman–Crippen MR) is 96.3 cm³/mol. The maximum absolute atomic E-state index is 9.72. The molecule has 0 aromatic heterocycles. The quantitative estimate of drug-likeness (QED) is 0.747. The lowest BCUT2D eigenvalue weighted by atomic mass is 10.1. The molecule has 0 amide bonds. The first-order valence-electron chi connectivity index (χ1n) is 6.57. The molecule has 0 saturated carbocycles. The molecule has 2 rings (SSSR count). The zero-order chi connectivity index (χ0) is 15.6. The van der Waals surface area contributed by atoms with Crippen molar-refractivity contribution in [2.24, 2.45) is 0 Å². The van der Waals surface area contributed by atoms with Crippen molar-refractivity contribution in [2.45, 2.75) is 13.5 Å². The van der Waals surface area contributed by atoms with E-state index in [4.69, 9.17) is 0 Å². The highest BCUT2D eigenvalue weighted by Crippen LogP contribution is 2.33. The highest BCUT2D eigenvalue weighted by molar-refractivity contribution is 9.11. The molecule has 5 heteroatoms. The molecule has 0 unspecified atom stereocenters. The maximum Gasteiger partial charge on any atom is 0.143 e. The molecule has 0 aliphatic rings. The topological polar surface area (TPSA) is 35.5 Å². The Morgan fingerprint density at radius 2 is 1.71 bits per heavy atom. The molecule has 0 radical (unpaired) electrons. The Labute approximate surface area is 142 Å². The van der Waals surface area contributed by atoms with Gasteiger partial charge in [-0.05, 0) is 74.2 Å². The Kier molecular flexibility index (Phi) is 5.17. The van der Waals surface area contributed by atoms with Crippen LogP contribution in [0.5, 0.6) is 5.75 Å². The van der Waals surface area contributed by atoms with Gasteiger partial charge in [0.15, 0.2) is 0 Å². The number of nitrogens with one attached hydrogen (secondary N) is 1. The molecule has 0 saturated heterocycles. The summed E-state index contributed by atoms with van der Waals surface area (Å²) in [6.07, 6.45) is 0. The molecule has 0 heterocycles. The van der Waals surface area contributed by atoms with Gasteiger partial charge in [-0.1, -0.05) is 6.07 Å². The van der Waals surface area contributed by atoms with Crippen LogP contribution in [-0.4, -0.2) is 19.2 Å². The van der Waals surface area contributed by atoms with Crippen molar-refractivity contribution in [2.75, 3.05) is 24.3 Å². The predicted octanol–water partition coefficient (Wildman–Crippen LogP) is 4.90. The summed E-state index contributed by atoms with van der Waals surface area (Å²) >= 11 is 6.70. The average molecular weight is 414 g/mol. The Hall–Kier alpha value is -1.20. The van der Waals surface area contributed by atoms with Gasteiger partial charge in [0.2, 0.25) is 0 Å². The SMILES string of the molecule is Cc1ccc(NCc2cc(Br)c(O)c(Br)c2)cc1N(C)C. The summed E-state index contributed by atoms with van der Waals surface area (Å²) in [5.74, 6) is 0.226. The molecular formula is C16H18Br2N2O. The van der Waals surface area contributed by atoms with E-state index < -0.39 is 0 Å². The second-order valence-corrected chi connectivity index (χ2v) is 6.87. The Bertz CT molecular complexity index is 634. The van der Waals surface area contributed by atoms with Crippen LogP contribution in [0.4, 0.5) is 11.4 Å². The van der Waals surface area contributed by atoms with Gasteiger partial charge in [0.25, 0.3) is 0 Å². The van der Waals surface area contributed by atoms with Crippen LogP contribution >= 0.6 is 31.9 Å². The smallest absolute Gasteiger partial charge is 0.143 e. The van der Waals surface area contributed by atoms with Crippen molar-refractivity contribution in [1.29, 1.82) is 0 Å². The van der Waals surface area contributed by atoms with E-state index in [-0.39, 0.29) is 5.75 Å². The van der Waals surface area contributed by atoms with Crippen molar-refractivity contribution < 1.29 is 5.11 Å². The minimum atomic E-state index is 0.226. The minimum Gasteiger partial charge on any atom is -0.506 e. The summed E-state index contributed by atoms with van der Waals surface area (Å²) < 4.78 is 1.37.